The molecule has 0 radical (unpaired) electrons. The van der Waals surface area contributed by atoms with Crippen LogP contribution in [0.5, 0.6) is 0 Å². The van der Waals surface area contributed by atoms with Crippen molar-refractivity contribution in [3.63, 3.8) is 0 Å². The number of hydrogen-bond donors (Lipinski definition) is 0. The normalized spacial score (nSPS) is 42.0. The van der Waals surface area contributed by atoms with E-state index in [-0.39, 0.29) is 0 Å². The van der Waals surface area contributed by atoms with Crippen molar-refractivity contribution in [1.82, 2.24) is 0 Å². The number of ketones is 1. The highest BCUT2D eigenvalue weighted by atomic mass is 16.1. The lowest BCUT2D eigenvalue weighted by molar-refractivity contribution is -0.122. The standard InChI is InChI=1S/C20H34O/c1-2-15-6-8-16(9-7-15)17-10-12-18(13-11-17)19-4-3-5-20(21)14-19/h15-19H,2-14H2,1H3/t15-,16-,17?,18?,19?. The Morgan fingerprint density at radius 2 is 1.29 bits per heavy atom. The zero-order valence-electron chi connectivity index (χ0n) is 14.0. The average Bonchev–Trinajstić information content (AvgIpc) is 2.55. The minimum absolute atomic E-state index is 0.547. The van der Waals surface area contributed by atoms with Gasteiger partial charge in [0.15, 0.2) is 0 Å². The molecule has 120 valence electrons. The topological polar surface area (TPSA) is 17.1 Å². The van der Waals surface area contributed by atoms with Gasteiger partial charge >= 0.3 is 0 Å². The van der Waals surface area contributed by atoms with Crippen molar-refractivity contribution in [2.24, 2.45) is 29.6 Å². The Labute approximate surface area is 131 Å². The molecule has 1 atom stereocenters. The van der Waals surface area contributed by atoms with Crippen LogP contribution < -0.4 is 0 Å². The van der Waals surface area contributed by atoms with Crippen LogP contribution >= 0.6 is 0 Å². The van der Waals surface area contributed by atoms with Crippen LogP contribution in [0.15, 0.2) is 0 Å². The second-order valence-electron chi connectivity index (χ2n) is 8.26. The summed E-state index contributed by atoms with van der Waals surface area (Å²) in [4.78, 5) is 11.7. The monoisotopic (exact) mass is 290 g/mol. The van der Waals surface area contributed by atoms with Gasteiger partial charge in [-0.25, -0.2) is 0 Å². The molecule has 1 nitrogen and oxygen atoms in total. The molecule has 0 N–H and O–H groups in total. The molecule has 3 aliphatic carbocycles. The van der Waals surface area contributed by atoms with E-state index in [2.05, 4.69) is 6.92 Å². The smallest absolute Gasteiger partial charge is 0.133 e. The Bertz CT molecular complexity index is 332. The van der Waals surface area contributed by atoms with Gasteiger partial charge in [-0.2, -0.15) is 0 Å². The van der Waals surface area contributed by atoms with Crippen molar-refractivity contribution in [1.29, 1.82) is 0 Å². The van der Waals surface area contributed by atoms with Crippen LogP contribution in [0.2, 0.25) is 0 Å². The number of carbonyl (C=O) groups excluding carboxylic acids is 1. The molecular formula is C20H34O. The molecule has 0 bridgehead atoms. The third kappa shape index (κ3) is 3.90. The maximum atomic E-state index is 11.7. The van der Waals surface area contributed by atoms with Gasteiger partial charge in [-0.15, -0.1) is 0 Å². The lowest BCUT2D eigenvalue weighted by Crippen LogP contribution is -2.30. The zero-order valence-corrected chi connectivity index (χ0v) is 14.0. The first kappa shape index (κ1) is 15.6. The molecular weight excluding hydrogens is 256 g/mol. The van der Waals surface area contributed by atoms with E-state index in [9.17, 15) is 4.79 Å². The molecule has 0 aromatic carbocycles. The van der Waals surface area contributed by atoms with Gasteiger partial charge in [0.25, 0.3) is 0 Å². The third-order valence-corrected chi connectivity index (χ3v) is 7.14. The van der Waals surface area contributed by atoms with Gasteiger partial charge in [-0.05, 0) is 81.0 Å². The quantitative estimate of drug-likeness (QED) is 0.645. The van der Waals surface area contributed by atoms with Crippen molar-refractivity contribution < 1.29 is 4.79 Å². The molecule has 0 aromatic heterocycles. The van der Waals surface area contributed by atoms with Crippen molar-refractivity contribution in [2.45, 2.75) is 90.4 Å². The predicted octanol–water partition coefficient (Wildman–Crippen LogP) is 5.77. The van der Waals surface area contributed by atoms with Crippen LogP contribution in [0.3, 0.4) is 0 Å². The van der Waals surface area contributed by atoms with Gasteiger partial charge < -0.3 is 0 Å². The first-order valence-corrected chi connectivity index (χ1v) is 9.78. The number of rotatable bonds is 3. The van der Waals surface area contributed by atoms with Crippen LogP contribution in [0.1, 0.15) is 90.4 Å². The highest BCUT2D eigenvalue weighted by Crippen LogP contribution is 2.45. The van der Waals surface area contributed by atoms with E-state index in [1.54, 1.807) is 0 Å². The summed E-state index contributed by atoms with van der Waals surface area (Å²) in [5.74, 6) is 5.29. The van der Waals surface area contributed by atoms with Crippen molar-refractivity contribution >= 4 is 5.78 Å². The predicted molar refractivity (Wildman–Crippen MR) is 88.2 cm³/mol. The molecule has 0 amide bonds. The van der Waals surface area contributed by atoms with Gasteiger partial charge in [0, 0.05) is 12.8 Å². The van der Waals surface area contributed by atoms with Crippen LogP contribution in [-0.2, 0) is 4.79 Å². The lowest BCUT2D eigenvalue weighted by atomic mass is 9.65. The molecule has 3 fully saturated rings. The maximum absolute atomic E-state index is 11.7. The first-order chi connectivity index (χ1) is 10.3. The Kier molecular flexibility index (Phi) is 5.40. The summed E-state index contributed by atoms with van der Waals surface area (Å²) in [7, 11) is 0. The summed E-state index contributed by atoms with van der Waals surface area (Å²) in [6.07, 6.45) is 17.5. The summed E-state index contributed by atoms with van der Waals surface area (Å²) in [6, 6.07) is 0. The summed E-state index contributed by atoms with van der Waals surface area (Å²) in [6.45, 7) is 2.36. The van der Waals surface area contributed by atoms with E-state index in [0.717, 1.165) is 42.4 Å². The number of Topliss-reactive ketones (excluding diaryl/α,β-unsaturated/α-hetero) is 1. The Morgan fingerprint density at radius 1 is 0.762 bits per heavy atom. The minimum Gasteiger partial charge on any atom is -0.300 e. The average molecular weight is 290 g/mol. The van der Waals surface area contributed by atoms with E-state index in [1.807, 2.05) is 0 Å². The van der Waals surface area contributed by atoms with Gasteiger partial charge in [0.2, 0.25) is 0 Å². The van der Waals surface area contributed by atoms with Gasteiger partial charge in [0.1, 0.15) is 5.78 Å². The second kappa shape index (κ2) is 7.29. The van der Waals surface area contributed by atoms with E-state index in [0.29, 0.717) is 5.78 Å². The minimum atomic E-state index is 0.547. The summed E-state index contributed by atoms with van der Waals surface area (Å²) in [5.41, 5.74) is 0. The molecule has 0 spiro atoms. The fourth-order valence-corrected chi connectivity index (χ4v) is 5.62. The van der Waals surface area contributed by atoms with Crippen LogP contribution in [-0.4, -0.2) is 5.78 Å². The Morgan fingerprint density at radius 3 is 1.81 bits per heavy atom. The Balaban J connectivity index is 1.44. The fourth-order valence-electron chi connectivity index (χ4n) is 5.62. The van der Waals surface area contributed by atoms with Crippen LogP contribution in [0, 0.1) is 29.6 Å². The molecule has 1 heteroatoms. The zero-order chi connectivity index (χ0) is 14.7. The summed E-state index contributed by atoms with van der Waals surface area (Å²) < 4.78 is 0. The Hall–Kier alpha value is -0.330. The molecule has 1 unspecified atom stereocenters. The molecule has 3 saturated carbocycles. The van der Waals surface area contributed by atoms with E-state index in [4.69, 9.17) is 0 Å². The molecule has 0 aliphatic heterocycles. The third-order valence-electron chi connectivity index (χ3n) is 7.14. The van der Waals surface area contributed by atoms with E-state index < -0.39 is 0 Å². The van der Waals surface area contributed by atoms with Crippen LogP contribution in [0.4, 0.5) is 0 Å². The largest absolute Gasteiger partial charge is 0.300 e. The second-order valence-corrected chi connectivity index (χ2v) is 8.26. The fraction of sp³-hybridized carbons (Fsp3) is 0.950. The van der Waals surface area contributed by atoms with Crippen LogP contribution in [0.25, 0.3) is 0 Å². The SMILES string of the molecule is CC[C@H]1CC[C@H](C2CCC(C3CCCC(=O)C3)CC2)CC1. The summed E-state index contributed by atoms with van der Waals surface area (Å²) in [5, 5.41) is 0. The molecule has 0 saturated heterocycles. The van der Waals surface area contributed by atoms with Crippen molar-refractivity contribution in [3.05, 3.63) is 0 Å². The molecule has 3 aliphatic rings. The number of hydrogen-bond acceptors (Lipinski definition) is 1. The molecule has 3 rings (SSSR count). The van der Waals surface area contributed by atoms with Crippen molar-refractivity contribution in [3.8, 4) is 0 Å². The summed E-state index contributed by atoms with van der Waals surface area (Å²) >= 11 is 0. The van der Waals surface area contributed by atoms with E-state index in [1.165, 1.54) is 70.6 Å². The molecule has 0 heterocycles. The highest BCUT2D eigenvalue weighted by molar-refractivity contribution is 5.79. The maximum Gasteiger partial charge on any atom is 0.133 e. The van der Waals surface area contributed by atoms with Gasteiger partial charge in [0.05, 0.1) is 0 Å². The highest BCUT2D eigenvalue weighted by Gasteiger charge is 2.34. The molecule has 21 heavy (non-hydrogen) atoms. The van der Waals surface area contributed by atoms with Gasteiger partial charge in [-0.1, -0.05) is 26.2 Å². The molecule has 0 aromatic rings. The van der Waals surface area contributed by atoms with E-state index >= 15 is 0 Å². The van der Waals surface area contributed by atoms with Crippen molar-refractivity contribution in [2.75, 3.05) is 0 Å². The van der Waals surface area contributed by atoms with Gasteiger partial charge in [-0.3, -0.25) is 4.79 Å². The first-order valence-electron chi connectivity index (χ1n) is 9.78. The lowest BCUT2D eigenvalue weighted by Gasteiger charge is -2.40. The number of carbonyl (C=O) groups is 1.